The number of hydrogen-bond donors (Lipinski definition) is 3. The number of nitrogens with zero attached hydrogens (tertiary/aromatic N) is 2. The smallest absolute Gasteiger partial charge is 0.211 e. The molecule has 7 nitrogen and oxygen atoms in total. The van der Waals surface area contributed by atoms with E-state index in [1.54, 1.807) is 18.3 Å². The molecule has 0 aliphatic carbocycles. The fraction of sp³-hybridized carbons (Fsp3) is 0.667. The molecule has 0 fully saturated rings. The quantitative estimate of drug-likeness (QED) is 0.233. The van der Waals surface area contributed by atoms with Crippen LogP contribution in [0.2, 0.25) is 0 Å². The van der Waals surface area contributed by atoms with Gasteiger partial charge in [-0.05, 0) is 20.8 Å². The van der Waals surface area contributed by atoms with Gasteiger partial charge in [0.2, 0.25) is 10.0 Å². The van der Waals surface area contributed by atoms with E-state index in [2.05, 4.69) is 25.3 Å². The molecular formula is C12H24IN5O2S2. The summed E-state index contributed by atoms with van der Waals surface area (Å²) in [7, 11) is -3.14. The van der Waals surface area contributed by atoms with Crippen LogP contribution in [0.5, 0.6) is 0 Å². The lowest BCUT2D eigenvalue weighted by Gasteiger charge is -2.11. The molecule has 0 bridgehead atoms. The van der Waals surface area contributed by atoms with Gasteiger partial charge in [-0.15, -0.1) is 35.3 Å². The minimum absolute atomic E-state index is 0. The van der Waals surface area contributed by atoms with Crippen LogP contribution in [0.3, 0.4) is 0 Å². The topological polar surface area (TPSA) is 95.5 Å². The summed E-state index contributed by atoms with van der Waals surface area (Å²) < 4.78 is 25.1. The lowest BCUT2D eigenvalue weighted by atomic mass is 10.6. The van der Waals surface area contributed by atoms with E-state index >= 15 is 0 Å². The Bertz CT molecular complexity index is 560. The molecule has 22 heavy (non-hydrogen) atoms. The van der Waals surface area contributed by atoms with Crippen LogP contribution in [0.1, 0.15) is 23.7 Å². The minimum atomic E-state index is -3.14. The van der Waals surface area contributed by atoms with E-state index in [1.165, 1.54) is 0 Å². The molecule has 0 radical (unpaired) electrons. The van der Waals surface area contributed by atoms with Gasteiger partial charge in [0.15, 0.2) is 5.96 Å². The fourth-order valence-electron chi connectivity index (χ4n) is 1.45. The van der Waals surface area contributed by atoms with Crippen molar-refractivity contribution in [3.8, 4) is 0 Å². The molecule has 1 rings (SSSR count). The summed E-state index contributed by atoms with van der Waals surface area (Å²) in [6.45, 7) is 7.65. The van der Waals surface area contributed by atoms with Crippen LogP contribution in [-0.2, 0) is 16.6 Å². The Morgan fingerprint density at radius 2 is 2.05 bits per heavy atom. The molecular weight excluding hydrogens is 437 g/mol. The number of nitrogens with one attached hydrogen (secondary N) is 3. The molecule has 0 aliphatic rings. The van der Waals surface area contributed by atoms with Gasteiger partial charge in [0.05, 0.1) is 12.3 Å². The Kier molecular flexibility index (Phi) is 10.9. The van der Waals surface area contributed by atoms with Gasteiger partial charge in [-0.2, -0.15) is 0 Å². The van der Waals surface area contributed by atoms with Crippen LogP contribution in [0.25, 0.3) is 0 Å². The molecule has 1 aromatic heterocycles. The van der Waals surface area contributed by atoms with Crippen LogP contribution in [0, 0.1) is 6.92 Å². The average molecular weight is 461 g/mol. The van der Waals surface area contributed by atoms with Gasteiger partial charge >= 0.3 is 0 Å². The van der Waals surface area contributed by atoms with Crippen molar-refractivity contribution < 1.29 is 8.42 Å². The van der Waals surface area contributed by atoms with Gasteiger partial charge in [0.25, 0.3) is 0 Å². The first-order chi connectivity index (χ1) is 9.96. The number of hydrogen-bond acceptors (Lipinski definition) is 5. The van der Waals surface area contributed by atoms with Crippen molar-refractivity contribution in [2.24, 2.45) is 4.99 Å². The van der Waals surface area contributed by atoms with Gasteiger partial charge in [0.1, 0.15) is 5.01 Å². The largest absolute Gasteiger partial charge is 0.357 e. The second-order valence-electron chi connectivity index (χ2n) is 4.28. The number of aryl methyl sites for hydroxylation is 1. The maximum atomic E-state index is 11.3. The second-order valence-corrected chi connectivity index (χ2v) is 7.70. The number of rotatable bonds is 8. The van der Waals surface area contributed by atoms with Crippen LogP contribution >= 0.6 is 35.3 Å². The monoisotopic (exact) mass is 461 g/mol. The van der Waals surface area contributed by atoms with Crippen LogP contribution in [0.15, 0.2) is 11.2 Å². The van der Waals surface area contributed by atoms with Gasteiger partial charge in [-0.1, -0.05) is 0 Å². The fourth-order valence-corrected chi connectivity index (χ4v) is 2.78. The number of thiazole rings is 1. The molecule has 0 amide bonds. The third-order valence-electron chi connectivity index (χ3n) is 2.51. The Balaban J connectivity index is 0.00000441. The first-order valence-corrected chi connectivity index (χ1v) is 9.34. The second kappa shape index (κ2) is 11.1. The Labute approximate surface area is 153 Å². The van der Waals surface area contributed by atoms with Crippen LogP contribution < -0.4 is 15.4 Å². The summed E-state index contributed by atoms with van der Waals surface area (Å²) in [4.78, 5) is 9.83. The Morgan fingerprint density at radius 1 is 1.32 bits per heavy atom. The molecule has 0 saturated heterocycles. The summed E-state index contributed by atoms with van der Waals surface area (Å²) in [5.74, 6) is 0.742. The SMILES string of the molecule is CCNC(=NCc1ncc(C)s1)NCCNS(=O)(=O)CC.I. The van der Waals surface area contributed by atoms with Crippen molar-refractivity contribution in [1.82, 2.24) is 20.3 Å². The van der Waals surface area contributed by atoms with E-state index in [0.717, 1.165) is 16.4 Å². The normalized spacial score (nSPS) is 11.9. The first kappa shape index (κ1) is 21.5. The summed E-state index contributed by atoms with van der Waals surface area (Å²) in [5.41, 5.74) is 0. The number of aromatic nitrogens is 1. The van der Waals surface area contributed by atoms with Crippen molar-refractivity contribution in [3.05, 3.63) is 16.1 Å². The van der Waals surface area contributed by atoms with E-state index in [-0.39, 0.29) is 29.7 Å². The molecule has 0 atom stereocenters. The van der Waals surface area contributed by atoms with E-state index < -0.39 is 10.0 Å². The highest BCUT2D eigenvalue weighted by Crippen LogP contribution is 2.11. The van der Waals surface area contributed by atoms with Crippen LogP contribution in [0.4, 0.5) is 0 Å². The zero-order valence-electron chi connectivity index (χ0n) is 13.0. The van der Waals surface area contributed by atoms with Gasteiger partial charge in [-0.25, -0.2) is 23.1 Å². The minimum Gasteiger partial charge on any atom is -0.357 e. The lowest BCUT2D eigenvalue weighted by molar-refractivity contribution is 0.582. The molecule has 0 aromatic carbocycles. The first-order valence-electron chi connectivity index (χ1n) is 6.87. The van der Waals surface area contributed by atoms with Crippen molar-refractivity contribution in [1.29, 1.82) is 0 Å². The number of aliphatic imine (C=N–C) groups is 1. The van der Waals surface area contributed by atoms with Crippen molar-refractivity contribution in [3.63, 3.8) is 0 Å². The van der Waals surface area contributed by atoms with E-state index in [9.17, 15) is 8.42 Å². The molecule has 10 heteroatoms. The average Bonchev–Trinajstić information content (AvgIpc) is 2.86. The van der Waals surface area contributed by atoms with Gasteiger partial charge < -0.3 is 10.6 Å². The zero-order chi connectivity index (χ0) is 15.7. The summed E-state index contributed by atoms with van der Waals surface area (Å²) >= 11 is 1.62. The van der Waals surface area contributed by atoms with Gasteiger partial charge in [-0.3, -0.25) is 0 Å². The van der Waals surface area contributed by atoms with E-state index in [4.69, 9.17) is 0 Å². The van der Waals surface area contributed by atoms with Crippen molar-refractivity contribution in [2.45, 2.75) is 27.3 Å². The molecule has 0 spiro atoms. The molecule has 128 valence electrons. The molecule has 0 saturated carbocycles. The summed E-state index contributed by atoms with van der Waals surface area (Å²) in [6.07, 6.45) is 1.83. The molecule has 3 N–H and O–H groups in total. The molecule has 1 aromatic rings. The highest BCUT2D eigenvalue weighted by Gasteiger charge is 2.05. The third kappa shape index (κ3) is 8.86. The maximum Gasteiger partial charge on any atom is 0.211 e. The predicted molar refractivity (Wildman–Crippen MR) is 103 cm³/mol. The van der Waals surface area contributed by atoms with Crippen LogP contribution in [-0.4, -0.2) is 44.7 Å². The lowest BCUT2D eigenvalue weighted by Crippen LogP contribution is -2.41. The standard InChI is InChI=1S/C12H23N5O2S2.HI/c1-4-13-12(14-6-7-17-21(18,19)5-2)16-9-11-15-8-10(3)20-11;/h8,17H,4-7,9H2,1-3H3,(H2,13,14,16);1H. The van der Waals surface area contributed by atoms with E-state index in [1.807, 2.05) is 20.0 Å². The third-order valence-corrected chi connectivity index (χ3v) is 4.81. The number of halogens is 1. The van der Waals surface area contributed by atoms with E-state index in [0.29, 0.717) is 25.6 Å². The molecule has 1 heterocycles. The molecule has 0 unspecified atom stereocenters. The summed E-state index contributed by atoms with van der Waals surface area (Å²) in [6, 6.07) is 0. The number of guanidine groups is 1. The maximum absolute atomic E-state index is 11.3. The number of sulfonamides is 1. The molecule has 0 aliphatic heterocycles. The van der Waals surface area contributed by atoms with Crippen molar-refractivity contribution >= 4 is 51.3 Å². The summed E-state index contributed by atoms with van der Waals surface area (Å²) in [5, 5.41) is 7.15. The Hall–Kier alpha value is -0.460. The van der Waals surface area contributed by atoms with Crippen molar-refractivity contribution in [2.75, 3.05) is 25.4 Å². The Morgan fingerprint density at radius 3 is 2.59 bits per heavy atom. The predicted octanol–water partition coefficient (Wildman–Crippen LogP) is 1.06. The van der Waals surface area contributed by atoms with Gasteiger partial charge in [0, 0.05) is 30.7 Å². The highest BCUT2D eigenvalue weighted by molar-refractivity contribution is 14.0. The zero-order valence-corrected chi connectivity index (χ0v) is 17.0. The highest BCUT2D eigenvalue weighted by atomic mass is 127.